The van der Waals surface area contributed by atoms with Gasteiger partial charge in [0.1, 0.15) is 4.70 Å². The maximum absolute atomic E-state index is 12.8. The van der Waals surface area contributed by atoms with Crippen LogP contribution < -0.4 is 15.0 Å². The van der Waals surface area contributed by atoms with Gasteiger partial charge >= 0.3 is 0 Å². The van der Waals surface area contributed by atoms with Gasteiger partial charge in [-0.25, -0.2) is 4.98 Å². The molecule has 0 unspecified atom stereocenters. The number of nitrogens with zero attached hydrogens (tertiary/aromatic N) is 2. The average Bonchev–Trinajstić information content (AvgIpc) is 3.21. The molecule has 5 nitrogen and oxygen atoms in total. The fourth-order valence-corrected chi connectivity index (χ4v) is 4.07. The lowest BCUT2D eigenvalue weighted by molar-refractivity contribution is 0.174. The molecular weight excluding hydrogens is 324 g/mol. The zero-order valence-electron chi connectivity index (χ0n) is 12.6. The summed E-state index contributed by atoms with van der Waals surface area (Å²) < 4.78 is 14.1. The minimum atomic E-state index is -0.0149. The maximum atomic E-state index is 12.8. The molecule has 0 radical (unpaired) electrons. The number of hydrogen-bond donors (Lipinski definition) is 0. The van der Waals surface area contributed by atoms with Crippen LogP contribution in [0.25, 0.3) is 20.3 Å². The van der Waals surface area contributed by atoms with Gasteiger partial charge in [0.15, 0.2) is 11.5 Å². The fourth-order valence-electron chi connectivity index (χ4n) is 2.96. The SMILES string of the molecule is O=c1c2sc3ccccc3c2ncn1Cc1ccc2c(c1)OCO2. The minimum absolute atomic E-state index is 0.0149. The van der Waals surface area contributed by atoms with Gasteiger partial charge in [-0.05, 0) is 23.8 Å². The molecule has 1 aliphatic rings. The lowest BCUT2D eigenvalue weighted by Crippen LogP contribution is -2.20. The Hall–Kier alpha value is -2.86. The molecule has 0 spiro atoms. The van der Waals surface area contributed by atoms with Gasteiger partial charge < -0.3 is 9.47 Å². The van der Waals surface area contributed by atoms with Gasteiger partial charge in [0.2, 0.25) is 6.79 Å². The zero-order chi connectivity index (χ0) is 16.1. The maximum Gasteiger partial charge on any atom is 0.271 e. The van der Waals surface area contributed by atoms with Crippen molar-refractivity contribution in [3.8, 4) is 11.5 Å². The molecule has 0 fully saturated rings. The van der Waals surface area contributed by atoms with Crippen LogP contribution in [0.2, 0.25) is 0 Å². The summed E-state index contributed by atoms with van der Waals surface area (Å²) in [5.74, 6) is 1.46. The summed E-state index contributed by atoms with van der Waals surface area (Å²) in [7, 11) is 0. The van der Waals surface area contributed by atoms with Crippen LogP contribution in [-0.4, -0.2) is 16.3 Å². The molecule has 5 rings (SSSR count). The second-order valence-corrected chi connectivity index (χ2v) is 6.69. The third-order valence-corrected chi connectivity index (χ3v) is 5.29. The van der Waals surface area contributed by atoms with Crippen molar-refractivity contribution in [1.29, 1.82) is 0 Å². The van der Waals surface area contributed by atoms with Crippen molar-refractivity contribution in [2.75, 3.05) is 6.79 Å². The van der Waals surface area contributed by atoms with Crippen LogP contribution in [-0.2, 0) is 6.54 Å². The summed E-state index contributed by atoms with van der Waals surface area (Å²) in [5, 5.41) is 1.03. The highest BCUT2D eigenvalue weighted by Gasteiger charge is 2.15. The van der Waals surface area contributed by atoms with E-state index in [0.29, 0.717) is 11.2 Å². The number of fused-ring (bicyclic) bond motifs is 4. The van der Waals surface area contributed by atoms with Crippen molar-refractivity contribution < 1.29 is 9.47 Å². The first-order valence-electron chi connectivity index (χ1n) is 7.55. The molecule has 3 heterocycles. The van der Waals surface area contributed by atoms with Gasteiger partial charge in [-0.15, -0.1) is 11.3 Å². The van der Waals surface area contributed by atoms with E-state index in [1.807, 2.05) is 42.5 Å². The van der Waals surface area contributed by atoms with Crippen LogP contribution in [0.3, 0.4) is 0 Å². The number of aromatic nitrogens is 2. The second-order valence-electron chi connectivity index (χ2n) is 5.64. The summed E-state index contributed by atoms with van der Waals surface area (Å²) in [6.07, 6.45) is 1.62. The first kappa shape index (κ1) is 13.6. The van der Waals surface area contributed by atoms with Crippen molar-refractivity contribution in [3.05, 3.63) is 64.7 Å². The fraction of sp³-hybridized carbons (Fsp3) is 0.111. The Balaban J connectivity index is 1.61. The van der Waals surface area contributed by atoms with Gasteiger partial charge in [0, 0.05) is 10.1 Å². The van der Waals surface area contributed by atoms with Gasteiger partial charge in [-0.1, -0.05) is 24.3 Å². The van der Waals surface area contributed by atoms with E-state index in [0.717, 1.165) is 32.7 Å². The summed E-state index contributed by atoms with van der Waals surface area (Å²) in [4.78, 5) is 17.3. The van der Waals surface area contributed by atoms with E-state index in [-0.39, 0.29) is 12.4 Å². The van der Waals surface area contributed by atoms with Crippen LogP contribution in [0.15, 0.2) is 53.6 Å². The van der Waals surface area contributed by atoms with Crippen LogP contribution in [0.4, 0.5) is 0 Å². The highest BCUT2D eigenvalue weighted by molar-refractivity contribution is 7.25. The molecule has 2 aromatic heterocycles. The summed E-state index contributed by atoms with van der Waals surface area (Å²) in [6.45, 7) is 0.695. The number of ether oxygens (including phenoxy) is 2. The Bertz CT molecular complexity index is 1150. The van der Waals surface area contributed by atoms with E-state index in [9.17, 15) is 4.79 Å². The Morgan fingerprint density at radius 2 is 2.00 bits per heavy atom. The molecule has 0 saturated heterocycles. The van der Waals surface area contributed by atoms with Gasteiger partial charge in [-0.2, -0.15) is 0 Å². The molecule has 4 aromatic rings. The topological polar surface area (TPSA) is 53.4 Å². The van der Waals surface area contributed by atoms with E-state index in [2.05, 4.69) is 4.98 Å². The normalized spacial score (nSPS) is 13.0. The molecule has 6 heteroatoms. The molecule has 0 N–H and O–H groups in total. The van der Waals surface area contributed by atoms with Gasteiger partial charge in [-0.3, -0.25) is 9.36 Å². The Morgan fingerprint density at radius 1 is 1.12 bits per heavy atom. The molecule has 24 heavy (non-hydrogen) atoms. The number of hydrogen-bond acceptors (Lipinski definition) is 5. The molecular formula is C18H12N2O3S. The predicted molar refractivity (Wildman–Crippen MR) is 93.1 cm³/mol. The molecule has 118 valence electrons. The van der Waals surface area contributed by atoms with Crippen molar-refractivity contribution in [3.63, 3.8) is 0 Å². The highest BCUT2D eigenvalue weighted by atomic mass is 32.1. The van der Waals surface area contributed by atoms with Crippen molar-refractivity contribution in [1.82, 2.24) is 9.55 Å². The first-order chi connectivity index (χ1) is 11.8. The van der Waals surface area contributed by atoms with Gasteiger partial charge in [0.25, 0.3) is 5.56 Å². The van der Waals surface area contributed by atoms with Crippen LogP contribution in [0.1, 0.15) is 5.56 Å². The highest BCUT2D eigenvalue weighted by Crippen LogP contribution is 2.33. The van der Waals surface area contributed by atoms with Crippen molar-refractivity contribution >= 4 is 31.6 Å². The van der Waals surface area contributed by atoms with Crippen LogP contribution >= 0.6 is 11.3 Å². The summed E-state index contributed by atoms with van der Waals surface area (Å²) >= 11 is 1.49. The Labute approximate surface area is 140 Å². The van der Waals surface area contributed by atoms with Crippen LogP contribution in [0, 0.1) is 0 Å². The van der Waals surface area contributed by atoms with Crippen molar-refractivity contribution in [2.45, 2.75) is 6.54 Å². The van der Waals surface area contributed by atoms with E-state index in [1.165, 1.54) is 11.3 Å². The molecule has 0 bridgehead atoms. The standard InChI is InChI=1S/C18H12N2O3S/c21-18-17-16(12-3-1-2-4-15(12)24-17)19-9-20(18)8-11-5-6-13-14(7-11)23-10-22-13/h1-7,9H,8,10H2. The first-order valence-corrected chi connectivity index (χ1v) is 8.36. The molecule has 2 aromatic carbocycles. The van der Waals surface area contributed by atoms with Gasteiger partial charge in [0.05, 0.1) is 18.4 Å². The Morgan fingerprint density at radius 3 is 2.96 bits per heavy atom. The van der Waals surface area contributed by atoms with Crippen molar-refractivity contribution in [2.24, 2.45) is 0 Å². The zero-order valence-corrected chi connectivity index (χ0v) is 13.4. The molecule has 0 saturated carbocycles. The average molecular weight is 336 g/mol. The lowest BCUT2D eigenvalue weighted by atomic mass is 10.2. The third kappa shape index (κ3) is 2.00. The Kier molecular flexibility index (Phi) is 2.87. The minimum Gasteiger partial charge on any atom is -0.454 e. The molecule has 1 aliphatic heterocycles. The second kappa shape index (κ2) is 5.07. The monoisotopic (exact) mass is 336 g/mol. The predicted octanol–water partition coefficient (Wildman–Crippen LogP) is 3.39. The van der Waals surface area contributed by atoms with Crippen LogP contribution in [0.5, 0.6) is 11.5 Å². The third-order valence-electron chi connectivity index (χ3n) is 4.14. The summed E-state index contributed by atoms with van der Waals surface area (Å²) in [5.41, 5.74) is 1.74. The van der Waals surface area contributed by atoms with E-state index < -0.39 is 0 Å². The number of thiophene rings is 1. The van der Waals surface area contributed by atoms with E-state index >= 15 is 0 Å². The lowest BCUT2D eigenvalue weighted by Gasteiger charge is -2.06. The van der Waals surface area contributed by atoms with E-state index in [4.69, 9.17) is 9.47 Å². The van der Waals surface area contributed by atoms with E-state index in [1.54, 1.807) is 10.9 Å². The molecule has 0 amide bonds. The number of rotatable bonds is 2. The largest absolute Gasteiger partial charge is 0.454 e. The smallest absolute Gasteiger partial charge is 0.271 e. The quantitative estimate of drug-likeness (QED) is 0.563. The summed E-state index contributed by atoms with van der Waals surface area (Å²) in [6, 6.07) is 13.7. The number of benzene rings is 2. The molecule has 0 aliphatic carbocycles. The molecule has 0 atom stereocenters.